The maximum Gasteiger partial charge on any atom is 0.314 e. The second-order valence-electron chi connectivity index (χ2n) is 5.36. The minimum Gasteiger partial charge on any atom is -0.481 e. The van der Waals surface area contributed by atoms with E-state index >= 15 is 0 Å². The number of rotatable bonds is 5. The molecule has 2 aliphatic rings. The fourth-order valence-electron chi connectivity index (χ4n) is 2.90. The molecule has 1 aliphatic heterocycles. The quantitative estimate of drug-likeness (QED) is 0.718. The molecule has 108 valence electrons. The molecule has 3 atom stereocenters. The fraction of sp³-hybridized carbons (Fsp3) is 0.846. The average Bonchev–Trinajstić information content (AvgIpc) is 3.04. The third-order valence-corrected chi connectivity index (χ3v) is 5.41. The Bertz CT molecular complexity index is 332. The number of urea groups is 1. The molecule has 0 radical (unpaired) electrons. The summed E-state index contributed by atoms with van der Waals surface area (Å²) in [6.07, 6.45) is 5.00. The lowest BCUT2D eigenvalue weighted by molar-refractivity contribution is -0.142. The van der Waals surface area contributed by atoms with Crippen LogP contribution in [0.1, 0.15) is 32.1 Å². The predicted molar refractivity (Wildman–Crippen MR) is 75.3 cm³/mol. The molecule has 0 aromatic rings. The SMILES string of the molecule is O=C(NCC1CCCS1)NCC1CCCC1C(=O)O. The Morgan fingerprint density at radius 3 is 2.58 bits per heavy atom. The summed E-state index contributed by atoms with van der Waals surface area (Å²) in [5, 5.41) is 15.3. The van der Waals surface area contributed by atoms with E-state index < -0.39 is 5.97 Å². The van der Waals surface area contributed by atoms with Gasteiger partial charge in [-0.25, -0.2) is 4.79 Å². The number of hydrogen-bond donors (Lipinski definition) is 3. The summed E-state index contributed by atoms with van der Waals surface area (Å²) in [4.78, 5) is 22.7. The van der Waals surface area contributed by atoms with Gasteiger partial charge in [-0.2, -0.15) is 11.8 Å². The van der Waals surface area contributed by atoms with E-state index in [1.54, 1.807) is 0 Å². The summed E-state index contributed by atoms with van der Waals surface area (Å²) in [5.41, 5.74) is 0. The second kappa shape index (κ2) is 7.03. The van der Waals surface area contributed by atoms with Crippen molar-refractivity contribution in [3.8, 4) is 0 Å². The largest absolute Gasteiger partial charge is 0.481 e. The highest BCUT2D eigenvalue weighted by Gasteiger charge is 2.32. The van der Waals surface area contributed by atoms with Gasteiger partial charge in [-0.05, 0) is 37.4 Å². The lowest BCUT2D eigenvalue weighted by Gasteiger charge is -2.17. The molecule has 1 aliphatic carbocycles. The Kier molecular flexibility index (Phi) is 5.36. The first kappa shape index (κ1) is 14.5. The van der Waals surface area contributed by atoms with Crippen LogP contribution >= 0.6 is 11.8 Å². The molecular formula is C13H22N2O3S. The van der Waals surface area contributed by atoms with Crippen LogP contribution in [0.25, 0.3) is 0 Å². The van der Waals surface area contributed by atoms with Gasteiger partial charge in [-0.15, -0.1) is 0 Å². The highest BCUT2D eigenvalue weighted by atomic mass is 32.2. The molecule has 0 aromatic heterocycles. The molecule has 2 amide bonds. The predicted octanol–water partition coefficient (Wildman–Crippen LogP) is 1.68. The number of aliphatic carboxylic acids is 1. The van der Waals surface area contributed by atoms with E-state index in [1.807, 2.05) is 11.8 Å². The van der Waals surface area contributed by atoms with Gasteiger partial charge in [0, 0.05) is 18.3 Å². The van der Waals surface area contributed by atoms with Crippen molar-refractivity contribution in [1.82, 2.24) is 10.6 Å². The average molecular weight is 286 g/mol. The third kappa shape index (κ3) is 4.30. The van der Waals surface area contributed by atoms with Gasteiger partial charge in [-0.1, -0.05) is 6.42 Å². The molecule has 3 unspecified atom stereocenters. The van der Waals surface area contributed by atoms with Crippen molar-refractivity contribution in [2.45, 2.75) is 37.4 Å². The van der Waals surface area contributed by atoms with Crippen LogP contribution in [-0.4, -0.2) is 41.2 Å². The zero-order valence-corrected chi connectivity index (χ0v) is 11.9. The number of hydrogen-bond acceptors (Lipinski definition) is 3. The van der Waals surface area contributed by atoms with Gasteiger partial charge in [0.1, 0.15) is 0 Å². The van der Waals surface area contributed by atoms with Gasteiger partial charge in [0.05, 0.1) is 5.92 Å². The van der Waals surface area contributed by atoms with E-state index in [4.69, 9.17) is 5.11 Å². The van der Waals surface area contributed by atoms with Crippen LogP contribution in [0.3, 0.4) is 0 Å². The zero-order chi connectivity index (χ0) is 13.7. The molecule has 1 saturated carbocycles. The first-order valence-electron chi connectivity index (χ1n) is 7.03. The fourth-order valence-corrected chi connectivity index (χ4v) is 4.11. The molecule has 3 N–H and O–H groups in total. The van der Waals surface area contributed by atoms with Gasteiger partial charge in [0.2, 0.25) is 0 Å². The van der Waals surface area contributed by atoms with Crippen LogP contribution in [0.5, 0.6) is 0 Å². The normalized spacial score (nSPS) is 30.2. The minimum absolute atomic E-state index is 0.0871. The summed E-state index contributed by atoms with van der Waals surface area (Å²) >= 11 is 1.91. The summed E-state index contributed by atoms with van der Waals surface area (Å²) in [7, 11) is 0. The highest BCUT2D eigenvalue weighted by molar-refractivity contribution is 8.00. The van der Waals surface area contributed by atoms with E-state index in [9.17, 15) is 9.59 Å². The van der Waals surface area contributed by atoms with E-state index in [1.165, 1.54) is 18.6 Å². The number of carbonyl (C=O) groups excluding carboxylic acids is 1. The smallest absolute Gasteiger partial charge is 0.314 e. The van der Waals surface area contributed by atoms with Crippen molar-refractivity contribution < 1.29 is 14.7 Å². The van der Waals surface area contributed by atoms with Crippen molar-refractivity contribution >= 4 is 23.8 Å². The van der Waals surface area contributed by atoms with Crippen LogP contribution in [0.2, 0.25) is 0 Å². The van der Waals surface area contributed by atoms with E-state index in [0.717, 1.165) is 19.3 Å². The monoisotopic (exact) mass is 286 g/mol. The Morgan fingerprint density at radius 2 is 1.89 bits per heavy atom. The lowest BCUT2D eigenvalue weighted by atomic mass is 9.96. The highest BCUT2D eigenvalue weighted by Crippen LogP contribution is 2.31. The van der Waals surface area contributed by atoms with Crippen LogP contribution in [0.4, 0.5) is 4.79 Å². The molecule has 1 saturated heterocycles. The van der Waals surface area contributed by atoms with Gasteiger partial charge < -0.3 is 15.7 Å². The maximum atomic E-state index is 11.7. The summed E-state index contributed by atoms with van der Waals surface area (Å²) < 4.78 is 0. The summed E-state index contributed by atoms with van der Waals surface area (Å²) in [6, 6.07) is -0.163. The zero-order valence-electron chi connectivity index (χ0n) is 11.1. The number of carboxylic acids is 1. The summed E-state index contributed by atoms with van der Waals surface area (Å²) in [5.74, 6) is 0.262. The molecule has 1 heterocycles. The lowest BCUT2D eigenvalue weighted by Crippen LogP contribution is -2.41. The first-order chi connectivity index (χ1) is 9.16. The van der Waals surface area contributed by atoms with E-state index in [2.05, 4.69) is 10.6 Å². The summed E-state index contributed by atoms with van der Waals surface area (Å²) in [6.45, 7) is 1.18. The van der Waals surface area contributed by atoms with Crippen molar-refractivity contribution in [2.75, 3.05) is 18.8 Å². The molecule has 0 spiro atoms. The Balaban J connectivity index is 1.64. The standard InChI is InChI=1S/C13H22N2O3S/c16-12(17)11-5-1-3-9(11)7-14-13(18)15-8-10-4-2-6-19-10/h9-11H,1-8H2,(H,16,17)(H2,14,15,18). The van der Waals surface area contributed by atoms with Gasteiger partial charge in [0.15, 0.2) is 0 Å². The second-order valence-corrected chi connectivity index (χ2v) is 6.77. The van der Waals surface area contributed by atoms with Gasteiger partial charge in [0.25, 0.3) is 0 Å². The van der Waals surface area contributed by atoms with Crippen molar-refractivity contribution in [1.29, 1.82) is 0 Å². The van der Waals surface area contributed by atoms with Crippen LogP contribution < -0.4 is 10.6 Å². The van der Waals surface area contributed by atoms with E-state index in [0.29, 0.717) is 18.3 Å². The first-order valence-corrected chi connectivity index (χ1v) is 8.08. The van der Waals surface area contributed by atoms with Gasteiger partial charge in [-0.3, -0.25) is 4.79 Å². The van der Waals surface area contributed by atoms with Crippen molar-refractivity contribution in [3.63, 3.8) is 0 Å². The molecule has 0 aromatic carbocycles. The Hall–Kier alpha value is -0.910. The Morgan fingerprint density at radius 1 is 1.11 bits per heavy atom. The molecule has 5 nitrogen and oxygen atoms in total. The number of amides is 2. The molecule has 19 heavy (non-hydrogen) atoms. The molecule has 2 rings (SSSR count). The van der Waals surface area contributed by atoms with Crippen molar-refractivity contribution in [2.24, 2.45) is 11.8 Å². The number of carboxylic acid groups (broad SMARTS) is 1. The van der Waals surface area contributed by atoms with Crippen LogP contribution in [-0.2, 0) is 4.79 Å². The minimum atomic E-state index is -0.730. The van der Waals surface area contributed by atoms with Crippen LogP contribution in [0, 0.1) is 11.8 Å². The number of nitrogens with one attached hydrogen (secondary N) is 2. The number of carbonyl (C=O) groups is 2. The third-order valence-electron chi connectivity index (χ3n) is 4.02. The molecule has 2 fully saturated rings. The topological polar surface area (TPSA) is 78.4 Å². The van der Waals surface area contributed by atoms with Gasteiger partial charge >= 0.3 is 12.0 Å². The maximum absolute atomic E-state index is 11.7. The number of thioether (sulfide) groups is 1. The van der Waals surface area contributed by atoms with Crippen LogP contribution in [0.15, 0.2) is 0 Å². The van der Waals surface area contributed by atoms with E-state index in [-0.39, 0.29) is 17.9 Å². The molecule has 0 bridgehead atoms. The Labute approximate surface area is 117 Å². The van der Waals surface area contributed by atoms with Crippen molar-refractivity contribution in [3.05, 3.63) is 0 Å². The molecular weight excluding hydrogens is 264 g/mol. The molecule has 6 heteroatoms.